The topological polar surface area (TPSA) is 97.6 Å². The second-order valence-corrected chi connectivity index (χ2v) is 5.94. The molecule has 3 N–H and O–H groups in total. The lowest BCUT2D eigenvalue weighted by atomic mass is 10.2. The fourth-order valence-corrected chi connectivity index (χ4v) is 2.57. The van der Waals surface area contributed by atoms with Crippen LogP contribution >= 0.6 is 23.1 Å². The predicted octanol–water partition coefficient (Wildman–Crippen LogP) is 2.57. The number of benzene rings is 1. The van der Waals surface area contributed by atoms with E-state index in [0.29, 0.717) is 5.02 Å². The molecule has 0 saturated carbocycles. The standard InChI is InChI=1S/C14H15ClN4O3S/c1-19(2)14(21)17-13-10(11(16)20)12(18-23-13)22-7-8-5-3-4-6-9(8)15/h3-6H,7H2,1-2H3,(H2,16,20)(H,17,21). The number of ether oxygens (including phenoxy) is 1. The Morgan fingerprint density at radius 2 is 2.09 bits per heavy atom. The quantitative estimate of drug-likeness (QED) is 0.862. The highest BCUT2D eigenvalue weighted by atomic mass is 35.5. The summed E-state index contributed by atoms with van der Waals surface area (Å²) in [4.78, 5) is 24.7. The molecule has 0 saturated heterocycles. The van der Waals surface area contributed by atoms with Gasteiger partial charge in [-0.3, -0.25) is 10.1 Å². The molecule has 3 amide bonds. The van der Waals surface area contributed by atoms with E-state index in [0.717, 1.165) is 17.1 Å². The van der Waals surface area contributed by atoms with Crippen LogP contribution in [-0.4, -0.2) is 35.3 Å². The van der Waals surface area contributed by atoms with Crippen LogP contribution in [0.5, 0.6) is 5.88 Å². The predicted molar refractivity (Wildman–Crippen MR) is 89.1 cm³/mol. The van der Waals surface area contributed by atoms with Crippen LogP contribution in [-0.2, 0) is 6.61 Å². The van der Waals surface area contributed by atoms with Crippen molar-refractivity contribution in [3.8, 4) is 5.88 Å². The van der Waals surface area contributed by atoms with Gasteiger partial charge in [0.1, 0.15) is 17.2 Å². The molecule has 122 valence electrons. The average molecular weight is 355 g/mol. The van der Waals surface area contributed by atoms with Crippen LogP contribution < -0.4 is 15.8 Å². The van der Waals surface area contributed by atoms with Gasteiger partial charge in [0.15, 0.2) is 0 Å². The maximum Gasteiger partial charge on any atom is 0.321 e. The second kappa shape index (κ2) is 7.30. The maximum atomic E-state index is 11.7. The molecule has 1 heterocycles. The number of carbonyl (C=O) groups is 2. The molecule has 0 radical (unpaired) electrons. The van der Waals surface area contributed by atoms with Gasteiger partial charge in [0, 0.05) is 24.7 Å². The van der Waals surface area contributed by atoms with Crippen LogP contribution in [0.15, 0.2) is 24.3 Å². The number of rotatable bonds is 5. The zero-order valence-corrected chi connectivity index (χ0v) is 14.1. The fourth-order valence-electron chi connectivity index (χ4n) is 1.65. The number of amides is 3. The number of anilines is 1. The third kappa shape index (κ3) is 4.11. The third-order valence-electron chi connectivity index (χ3n) is 2.86. The zero-order chi connectivity index (χ0) is 17.0. The normalized spacial score (nSPS) is 10.2. The van der Waals surface area contributed by atoms with Crippen LogP contribution in [0.1, 0.15) is 15.9 Å². The smallest absolute Gasteiger partial charge is 0.321 e. The van der Waals surface area contributed by atoms with Crippen molar-refractivity contribution in [2.24, 2.45) is 5.73 Å². The molecule has 1 aromatic carbocycles. The van der Waals surface area contributed by atoms with Gasteiger partial charge in [-0.25, -0.2) is 4.79 Å². The van der Waals surface area contributed by atoms with E-state index in [9.17, 15) is 9.59 Å². The monoisotopic (exact) mass is 354 g/mol. The van der Waals surface area contributed by atoms with Crippen molar-refractivity contribution in [3.63, 3.8) is 0 Å². The minimum absolute atomic E-state index is 0.0391. The summed E-state index contributed by atoms with van der Waals surface area (Å²) < 4.78 is 9.57. The van der Waals surface area contributed by atoms with Crippen molar-refractivity contribution >= 4 is 40.1 Å². The van der Waals surface area contributed by atoms with Gasteiger partial charge in [0.05, 0.1) is 0 Å². The largest absolute Gasteiger partial charge is 0.472 e. The van der Waals surface area contributed by atoms with E-state index in [1.807, 2.05) is 6.07 Å². The van der Waals surface area contributed by atoms with Gasteiger partial charge in [-0.1, -0.05) is 29.8 Å². The number of nitrogens with one attached hydrogen (secondary N) is 1. The third-order valence-corrected chi connectivity index (χ3v) is 3.97. The highest BCUT2D eigenvalue weighted by Gasteiger charge is 2.22. The summed E-state index contributed by atoms with van der Waals surface area (Å²) in [6.07, 6.45) is 0. The molecule has 0 unspecified atom stereocenters. The first-order valence-corrected chi connectivity index (χ1v) is 7.69. The molecule has 0 aliphatic rings. The van der Waals surface area contributed by atoms with Crippen molar-refractivity contribution in [1.82, 2.24) is 9.27 Å². The van der Waals surface area contributed by atoms with Crippen LogP contribution in [0.4, 0.5) is 9.80 Å². The first kappa shape index (κ1) is 17.0. The summed E-state index contributed by atoms with van der Waals surface area (Å²) in [7, 11) is 3.16. The van der Waals surface area contributed by atoms with Gasteiger partial charge in [0.2, 0.25) is 5.88 Å². The highest BCUT2D eigenvalue weighted by molar-refractivity contribution is 7.11. The Kier molecular flexibility index (Phi) is 5.41. The molecular weight excluding hydrogens is 340 g/mol. The van der Waals surface area contributed by atoms with E-state index >= 15 is 0 Å². The summed E-state index contributed by atoms with van der Waals surface area (Å²) in [5, 5.41) is 3.34. The molecule has 0 aliphatic carbocycles. The van der Waals surface area contributed by atoms with Gasteiger partial charge < -0.3 is 15.4 Å². The van der Waals surface area contributed by atoms with E-state index in [2.05, 4.69) is 9.69 Å². The lowest BCUT2D eigenvalue weighted by Gasteiger charge is -2.11. The van der Waals surface area contributed by atoms with Crippen LogP contribution in [0.2, 0.25) is 5.02 Å². The summed E-state index contributed by atoms with van der Waals surface area (Å²) in [6.45, 7) is 0.130. The number of carbonyl (C=O) groups excluding carboxylic acids is 2. The molecule has 7 nitrogen and oxygen atoms in total. The number of urea groups is 1. The number of halogens is 1. The lowest BCUT2D eigenvalue weighted by Crippen LogP contribution is -2.28. The molecule has 9 heteroatoms. The summed E-state index contributed by atoms with van der Waals surface area (Å²) in [5.41, 5.74) is 6.15. The lowest BCUT2D eigenvalue weighted by molar-refractivity contribution is 0.0996. The molecule has 0 atom stereocenters. The average Bonchev–Trinajstić information content (AvgIpc) is 2.89. The van der Waals surface area contributed by atoms with Gasteiger partial charge >= 0.3 is 6.03 Å². The maximum absolute atomic E-state index is 11.7. The first-order valence-electron chi connectivity index (χ1n) is 6.54. The van der Waals surface area contributed by atoms with Gasteiger partial charge in [0.25, 0.3) is 5.91 Å². The van der Waals surface area contributed by atoms with Crippen LogP contribution in [0.25, 0.3) is 0 Å². The van der Waals surface area contributed by atoms with Gasteiger partial charge in [-0.05, 0) is 17.6 Å². The number of nitrogens with zero attached hydrogens (tertiary/aromatic N) is 2. The number of hydrogen-bond acceptors (Lipinski definition) is 5. The van der Waals surface area contributed by atoms with E-state index in [1.54, 1.807) is 32.3 Å². The Balaban J connectivity index is 2.19. The minimum Gasteiger partial charge on any atom is -0.472 e. The highest BCUT2D eigenvalue weighted by Crippen LogP contribution is 2.31. The van der Waals surface area contributed by atoms with E-state index in [4.69, 9.17) is 22.1 Å². The number of hydrogen-bond donors (Lipinski definition) is 2. The van der Waals surface area contributed by atoms with Crippen molar-refractivity contribution in [2.75, 3.05) is 19.4 Å². The molecule has 1 aromatic heterocycles. The Bertz CT molecular complexity index is 733. The molecule has 0 fully saturated rings. The Labute approximate surface area is 142 Å². The minimum atomic E-state index is -0.734. The van der Waals surface area contributed by atoms with Crippen molar-refractivity contribution in [3.05, 3.63) is 40.4 Å². The molecule has 2 aromatic rings. The Morgan fingerprint density at radius 1 is 1.39 bits per heavy atom. The van der Waals surface area contributed by atoms with E-state index in [1.165, 1.54) is 4.90 Å². The molecule has 0 bridgehead atoms. The molecule has 0 aliphatic heterocycles. The Hall–Kier alpha value is -2.32. The van der Waals surface area contributed by atoms with E-state index in [-0.39, 0.29) is 23.1 Å². The van der Waals surface area contributed by atoms with Gasteiger partial charge in [-0.2, -0.15) is 4.37 Å². The van der Waals surface area contributed by atoms with Crippen LogP contribution in [0.3, 0.4) is 0 Å². The van der Waals surface area contributed by atoms with Crippen molar-refractivity contribution in [2.45, 2.75) is 6.61 Å². The molecule has 2 rings (SSSR count). The summed E-state index contributed by atoms with van der Waals surface area (Å²) in [5.74, 6) is -0.668. The molecule has 23 heavy (non-hydrogen) atoms. The van der Waals surface area contributed by atoms with Gasteiger partial charge in [-0.15, -0.1) is 0 Å². The second-order valence-electron chi connectivity index (χ2n) is 4.76. The first-order chi connectivity index (χ1) is 10.9. The molecule has 0 spiro atoms. The molecular formula is C14H15ClN4O3S. The number of aromatic nitrogens is 1. The number of primary amides is 1. The Morgan fingerprint density at radius 3 is 2.70 bits per heavy atom. The van der Waals surface area contributed by atoms with Crippen molar-refractivity contribution < 1.29 is 14.3 Å². The SMILES string of the molecule is CN(C)C(=O)Nc1snc(OCc2ccccc2Cl)c1C(N)=O. The van der Waals surface area contributed by atoms with Crippen molar-refractivity contribution in [1.29, 1.82) is 0 Å². The summed E-state index contributed by atoms with van der Waals surface area (Å²) >= 11 is 6.97. The number of nitrogens with two attached hydrogens (primary N) is 1. The van der Waals surface area contributed by atoms with Crippen LogP contribution in [0, 0.1) is 0 Å². The van der Waals surface area contributed by atoms with E-state index < -0.39 is 11.9 Å². The fraction of sp³-hybridized carbons (Fsp3) is 0.214. The summed E-state index contributed by atoms with van der Waals surface area (Å²) in [6, 6.07) is 6.77. The zero-order valence-electron chi connectivity index (χ0n) is 12.5.